The Balaban J connectivity index is 2.93. The van der Waals surface area contributed by atoms with Gasteiger partial charge in [-0.1, -0.05) is 0 Å². The van der Waals surface area contributed by atoms with E-state index in [4.69, 9.17) is 0 Å². The quantitative estimate of drug-likeness (QED) is 0.674. The van der Waals surface area contributed by atoms with Gasteiger partial charge in [0.2, 0.25) is 0 Å². The van der Waals surface area contributed by atoms with Gasteiger partial charge in [0.1, 0.15) is 0 Å². The molecule has 2 aromatic heterocycles. The van der Waals surface area contributed by atoms with Crippen LogP contribution < -0.4 is 0 Å². The summed E-state index contributed by atoms with van der Waals surface area (Å²) in [5, 5.41) is 7.79. The van der Waals surface area contributed by atoms with Crippen molar-refractivity contribution in [3.63, 3.8) is 0 Å². The zero-order valence-electron chi connectivity index (χ0n) is 5.02. The number of nitrogens with zero attached hydrogens (tertiary/aromatic N) is 4. The van der Waals surface area contributed by atoms with Crippen LogP contribution >= 0.6 is 0 Å². The second-order valence-corrected chi connectivity index (χ2v) is 3.61. The maximum atomic E-state index is 4.12. The van der Waals surface area contributed by atoms with E-state index in [-0.39, 0.29) is 0 Å². The molecule has 0 aromatic carbocycles. The molecule has 0 aliphatic carbocycles. The van der Waals surface area contributed by atoms with Gasteiger partial charge in [-0.3, -0.25) is 0 Å². The Hall–Kier alpha value is -0.398. The van der Waals surface area contributed by atoms with E-state index in [0.29, 0.717) is 29.7 Å². The molecular weight excluding hydrogens is 354 g/mol. The molecule has 0 aliphatic heterocycles. The predicted molar refractivity (Wildman–Crippen MR) is 30.7 cm³/mol. The Labute approximate surface area is 76.4 Å². The average molecular weight is 357 g/mol. The number of hydrogen-bond acceptors (Lipinski definition) is 3. The molecule has 0 amide bonds. The van der Waals surface area contributed by atoms with E-state index >= 15 is 0 Å². The summed E-state index contributed by atoms with van der Waals surface area (Å²) in [6.07, 6.45) is 1.75. The van der Waals surface area contributed by atoms with Gasteiger partial charge in [-0.25, -0.2) is 0 Å². The van der Waals surface area contributed by atoms with Crippen LogP contribution in [0.2, 0.25) is 0 Å². The number of aromatic nitrogens is 4. The third kappa shape index (κ3) is 0.862. The molecule has 0 radical (unpaired) electrons. The Morgan fingerprint density at radius 3 is 3.20 bits per heavy atom. The minimum absolute atomic E-state index is 0.631. The average Bonchev–Trinajstić information content (AvgIpc) is 2.34. The summed E-state index contributed by atoms with van der Waals surface area (Å²) < 4.78 is 1.82. The summed E-state index contributed by atoms with van der Waals surface area (Å²) in [5.41, 5.74) is 1.78. The predicted octanol–water partition coefficient (Wildman–Crippen LogP) is 0.139. The van der Waals surface area contributed by atoms with E-state index in [2.05, 4.69) is 15.3 Å². The molecule has 0 fully saturated rings. The first-order valence-electron chi connectivity index (χ1n) is 2.76. The van der Waals surface area contributed by atoms with Gasteiger partial charge in [-0.15, -0.1) is 0 Å². The first-order chi connectivity index (χ1) is 4.88. The molecule has 0 spiro atoms. The minimum atomic E-state index is 0.631. The van der Waals surface area contributed by atoms with Crippen molar-refractivity contribution in [2.24, 2.45) is 0 Å². The zero-order valence-corrected chi connectivity index (χ0v) is 9.18. The van der Waals surface area contributed by atoms with E-state index in [1.54, 1.807) is 6.20 Å². The topological polar surface area (TPSA) is 43.6 Å². The molecule has 0 saturated carbocycles. The molecule has 47 valence electrons. The first-order valence-corrected chi connectivity index (χ1v) is 4.62. The van der Waals surface area contributed by atoms with Crippen molar-refractivity contribution in [3.8, 4) is 0 Å². The van der Waals surface area contributed by atoms with Crippen LogP contribution in [0.3, 0.4) is 0 Å². The van der Waals surface area contributed by atoms with Crippen LogP contribution in [-0.2, 0) is 0 Å². The van der Waals surface area contributed by atoms with Gasteiger partial charge in [-0.05, 0) is 0 Å². The van der Waals surface area contributed by atoms with Crippen molar-refractivity contribution in [1.82, 2.24) is 17.3 Å². The number of fused-ring (bicyclic) bond motifs is 1. The molecule has 0 unspecified atom stereocenters. The SMILES string of the molecule is [U][n]1nnc2cccnc21. The molecule has 0 saturated heterocycles. The fourth-order valence-electron chi connectivity index (χ4n) is 0.765. The Bertz CT molecular complexity index is 355. The van der Waals surface area contributed by atoms with Gasteiger partial charge in [0.15, 0.2) is 0 Å². The molecule has 0 atom stereocenters. The van der Waals surface area contributed by atoms with E-state index in [1.807, 2.05) is 14.1 Å². The number of hydrogen-bond donors (Lipinski definition) is 0. The summed E-state index contributed by atoms with van der Waals surface area (Å²) >= 11 is 0.631. The normalized spacial score (nSPS) is 10.6. The van der Waals surface area contributed by atoms with E-state index in [0.717, 1.165) is 11.2 Å². The van der Waals surface area contributed by atoms with Crippen LogP contribution in [0.15, 0.2) is 18.3 Å². The fraction of sp³-hybridized carbons (Fsp3) is 0. The summed E-state index contributed by atoms with van der Waals surface area (Å²) in [5.74, 6) is 0. The summed E-state index contributed by atoms with van der Waals surface area (Å²) in [6.45, 7) is 0. The van der Waals surface area contributed by atoms with Crippen LogP contribution in [0, 0.1) is 29.7 Å². The van der Waals surface area contributed by atoms with Crippen molar-refractivity contribution in [3.05, 3.63) is 18.3 Å². The van der Waals surface area contributed by atoms with Gasteiger partial charge < -0.3 is 0 Å². The monoisotopic (exact) mass is 357 g/mol. The van der Waals surface area contributed by atoms with Crippen LogP contribution in [0.4, 0.5) is 0 Å². The van der Waals surface area contributed by atoms with E-state index in [1.165, 1.54) is 0 Å². The second-order valence-electron chi connectivity index (χ2n) is 1.85. The van der Waals surface area contributed by atoms with Crippen LogP contribution in [-0.4, -0.2) is 17.3 Å². The van der Waals surface area contributed by atoms with Crippen molar-refractivity contribution in [1.29, 1.82) is 0 Å². The number of rotatable bonds is 0. The summed E-state index contributed by atoms with van der Waals surface area (Å²) in [7, 11) is 0. The zero-order chi connectivity index (χ0) is 6.97. The fourth-order valence-corrected chi connectivity index (χ4v) is 1.67. The second kappa shape index (κ2) is 2.33. The van der Waals surface area contributed by atoms with Crippen LogP contribution in [0.1, 0.15) is 0 Å². The van der Waals surface area contributed by atoms with Gasteiger partial charge in [-0.2, -0.15) is 0 Å². The van der Waals surface area contributed by atoms with Crippen LogP contribution in [0.25, 0.3) is 11.2 Å². The maximum absolute atomic E-state index is 4.12. The Morgan fingerprint density at radius 1 is 1.50 bits per heavy atom. The van der Waals surface area contributed by atoms with Gasteiger partial charge in [0, 0.05) is 0 Å². The molecule has 0 bridgehead atoms. The Kier molecular flexibility index (Phi) is 1.47. The molecule has 0 N–H and O–H groups in total. The standard InChI is InChI=1S/C5H3N4.U/c1-2-4-5(6-3-1)8-9-7-4;/h1-3H;/q-1;+1. The molecule has 4 nitrogen and oxygen atoms in total. The summed E-state index contributed by atoms with van der Waals surface area (Å²) in [6, 6.07) is 3.77. The first kappa shape index (κ1) is 6.32. The molecule has 2 aromatic rings. The van der Waals surface area contributed by atoms with Crippen molar-refractivity contribution < 1.29 is 29.7 Å². The van der Waals surface area contributed by atoms with Gasteiger partial charge in [0.05, 0.1) is 0 Å². The van der Waals surface area contributed by atoms with E-state index in [9.17, 15) is 0 Å². The third-order valence-corrected chi connectivity index (χ3v) is 2.46. The van der Waals surface area contributed by atoms with Crippen LogP contribution in [0.5, 0.6) is 0 Å². The van der Waals surface area contributed by atoms with Gasteiger partial charge in [0.25, 0.3) is 0 Å². The molecule has 10 heavy (non-hydrogen) atoms. The number of pyridine rings is 1. The van der Waals surface area contributed by atoms with Crippen molar-refractivity contribution >= 4 is 11.2 Å². The van der Waals surface area contributed by atoms with Crippen molar-refractivity contribution in [2.75, 3.05) is 0 Å². The molecule has 2 heterocycles. The molecule has 2 rings (SSSR count). The van der Waals surface area contributed by atoms with E-state index < -0.39 is 0 Å². The van der Waals surface area contributed by atoms with Crippen molar-refractivity contribution in [2.45, 2.75) is 0 Å². The summed E-state index contributed by atoms with van der Waals surface area (Å²) in [4.78, 5) is 4.12. The molecular formula is C5H3N4U. The Morgan fingerprint density at radius 2 is 2.40 bits per heavy atom. The van der Waals surface area contributed by atoms with Gasteiger partial charge >= 0.3 is 76.6 Å². The third-order valence-electron chi connectivity index (χ3n) is 1.21. The molecule has 5 heteroatoms. The molecule has 0 aliphatic rings.